The molecule has 0 saturated heterocycles. The van der Waals surface area contributed by atoms with E-state index in [0.717, 1.165) is 10.2 Å². The van der Waals surface area contributed by atoms with Crippen molar-refractivity contribution >= 4 is 15.9 Å². The van der Waals surface area contributed by atoms with Crippen LogP contribution in [0.4, 0.5) is 0 Å². The molecule has 1 heterocycles. The molecule has 1 unspecified atom stereocenters. The zero-order valence-corrected chi connectivity index (χ0v) is 8.30. The molecule has 0 aliphatic carbocycles. The van der Waals surface area contributed by atoms with E-state index in [1.807, 2.05) is 19.2 Å². The van der Waals surface area contributed by atoms with Crippen LogP contribution < -0.4 is 5.32 Å². The van der Waals surface area contributed by atoms with E-state index in [1.165, 1.54) is 0 Å². The van der Waals surface area contributed by atoms with Crippen LogP contribution in [-0.2, 0) is 0 Å². The highest BCUT2D eigenvalue weighted by molar-refractivity contribution is 9.10. The molecule has 2 nitrogen and oxygen atoms in total. The highest BCUT2D eigenvalue weighted by Crippen LogP contribution is 2.19. The summed E-state index contributed by atoms with van der Waals surface area (Å²) in [6.07, 6.45) is 7.03. The standard InChI is InChI=1S/C9H9BrN2/c1-3-8(11-2)9-7(10)5-4-6-12-9/h1,4-6,8,11H,2H3. The first-order chi connectivity index (χ1) is 5.79. The summed E-state index contributed by atoms with van der Waals surface area (Å²) in [6.45, 7) is 0. The maximum Gasteiger partial charge on any atom is 0.112 e. The van der Waals surface area contributed by atoms with Crippen LogP contribution in [0.1, 0.15) is 11.7 Å². The molecular formula is C9H9BrN2. The van der Waals surface area contributed by atoms with Crippen LogP contribution in [0.15, 0.2) is 22.8 Å². The van der Waals surface area contributed by atoms with Crippen LogP contribution in [0.25, 0.3) is 0 Å². The van der Waals surface area contributed by atoms with Gasteiger partial charge < -0.3 is 5.32 Å². The number of nitrogens with one attached hydrogen (secondary N) is 1. The monoisotopic (exact) mass is 224 g/mol. The number of hydrogen-bond acceptors (Lipinski definition) is 2. The SMILES string of the molecule is C#CC(NC)c1ncccc1Br. The van der Waals surface area contributed by atoms with Gasteiger partial charge in [0.2, 0.25) is 0 Å². The van der Waals surface area contributed by atoms with Crippen LogP contribution >= 0.6 is 15.9 Å². The van der Waals surface area contributed by atoms with Crippen molar-refractivity contribution in [2.75, 3.05) is 7.05 Å². The third-order valence-corrected chi connectivity index (χ3v) is 2.19. The van der Waals surface area contributed by atoms with Crippen LogP contribution in [0, 0.1) is 12.3 Å². The van der Waals surface area contributed by atoms with Gasteiger partial charge in [0.1, 0.15) is 6.04 Å². The molecule has 0 amide bonds. The van der Waals surface area contributed by atoms with E-state index in [1.54, 1.807) is 6.20 Å². The van der Waals surface area contributed by atoms with Gasteiger partial charge in [-0.3, -0.25) is 4.98 Å². The van der Waals surface area contributed by atoms with Crippen LogP contribution in [0.5, 0.6) is 0 Å². The zero-order valence-electron chi connectivity index (χ0n) is 6.71. The summed E-state index contributed by atoms with van der Waals surface area (Å²) in [6, 6.07) is 3.65. The molecule has 0 aliphatic heterocycles. The Labute approximate surface area is 80.5 Å². The average molecular weight is 225 g/mol. The Balaban J connectivity index is 3.02. The largest absolute Gasteiger partial charge is 0.302 e. The minimum atomic E-state index is -0.124. The summed E-state index contributed by atoms with van der Waals surface area (Å²) in [4.78, 5) is 4.17. The Morgan fingerprint density at radius 1 is 1.75 bits per heavy atom. The van der Waals surface area contributed by atoms with Gasteiger partial charge in [-0.2, -0.15) is 0 Å². The predicted molar refractivity (Wildman–Crippen MR) is 52.6 cm³/mol. The molecule has 1 N–H and O–H groups in total. The molecule has 0 aliphatic rings. The summed E-state index contributed by atoms with van der Waals surface area (Å²) in [7, 11) is 1.81. The topological polar surface area (TPSA) is 24.9 Å². The molecule has 1 rings (SSSR count). The summed E-state index contributed by atoms with van der Waals surface area (Å²) >= 11 is 3.38. The predicted octanol–water partition coefficient (Wildman–Crippen LogP) is 1.74. The third-order valence-electron chi connectivity index (χ3n) is 1.52. The Kier molecular flexibility index (Phi) is 3.27. The van der Waals surface area contributed by atoms with Crippen molar-refractivity contribution in [3.05, 3.63) is 28.5 Å². The fourth-order valence-electron chi connectivity index (χ4n) is 0.909. The minimum absolute atomic E-state index is 0.124. The molecule has 1 aromatic heterocycles. The molecule has 12 heavy (non-hydrogen) atoms. The molecule has 0 saturated carbocycles. The summed E-state index contributed by atoms with van der Waals surface area (Å²) in [5.41, 5.74) is 0.850. The Morgan fingerprint density at radius 2 is 2.50 bits per heavy atom. The van der Waals surface area contributed by atoms with Gasteiger partial charge >= 0.3 is 0 Å². The molecule has 62 valence electrons. The van der Waals surface area contributed by atoms with Gasteiger partial charge in [0.15, 0.2) is 0 Å². The van der Waals surface area contributed by atoms with Crippen LogP contribution in [0.3, 0.4) is 0 Å². The van der Waals surface area contributed by atoms with Gasteiger partial charge in [0, 0.05) is 10.7 Å². The van der Waals surface area contributed by atoms with Crippen LogP contribution in [0.2, 0.25) is 0 Å². The lowest BCUT2D eigenvalue weighted by Crippen LogP contribution is -2.15. The molecule has 0 aromatic carbocycles. The van der Waals surface area contributed by atoms with E-state index in [4.69, 9.17) is 6.42 Å². The second-order valence-electron chi connectivity index (χ2n) is 2.26. The molecule has 1 atom stereocenters. The minimum Gasteiger partial charge on any atom is -0.302 e. The van der Waals surface area contributed by atoms with Gasteiger partial charge in [0.05, 0.1) is 5.69 Å². The van der Waals surface area contributed by atoms with E-state index >= 15 is 0 Å². The van der Waals surface area contributed by atoms with Crippen molar-refractivity contribution < 1.29 is 0 Å². The lowest BCUT2D eigenvalue weighted by Gasteiger charge is -2.09. The van der Waals surface area contributed by atoms with Crippen molar-refractivity contribution in [1.29, 1.82) is 0 Å². The Morgan fingerprint density at radius 3 is 3.00 bits per heavy atom. The first-order valence-corrected chi connectivity index (χ1v) is 4.32. The van der Waals surface area contributed by atoms with Crippen molar-refractivity contribution in [2.24, 2.45) is 0 Å². The number of hydrogen-bond donors (Lipinski definition) is 1. The number of nitrogens with zero attached hydrogens (tertiary/aromatic N) is 1. The van der Waals surface area contributed by atoms with Crippen LogP contribution in [-0.4, -0.2) is 12.0 Å². The fourth-order valence-corrected chi connectivity index (χ4v) is 1.39. The van der Waals surface area contributed by atoms with E-state index in [2.05, 4.69) is 32.2 Å². The normalized spacial score (nSPS) is 12.1. The molecule has 3 heteroatoms. The maximum absolute atomic E-state index is 5.31. The van der Waals surface area contributed by atoms with E-state index in [9.17, 15) is 0 Å². The lowest BCUT2D eigenvalue weighted by molar-refractivity contribution is 0.709. The summed E-state index contributed by atoms with van der Waals surface area (Å²) in [5, 5.41) is 2.98. The van der Waals surface area contributed by atoms with E-state index < -0.39 is 0 Å². The smallest absolute Gasteiger partial charge is 0.112 e. The third kappa shape index (κ3) is 1.84. The van der Waals surface area contributed by atoms with Crippen molar-refractivity contribution in [3.8, 4) is 12.3 Å². The number of halogens is 1. The molecule has 1 aromatic rings. The second kappa shape index (κ2) is 4.24. The summed E-state index contributed by atoms with van der Waals surface area (Å²) in [5.74, 6) is 2.61. The first kappa shape index (κ1) is 9.24. The molecule has 0 fully saturated rings. The second-order valence-corrected chi connectivity index (χ2v) is 3.11. The Bertz CT molecular complexity index is 304. The van der Waals surface area contributed by atoms with Gasteiger partial charge in [-0.05, 0) is 35.1 Å². The average Bonchev–Trinajstić information content (AvgIpc) is 2.10. The quantitative estimate of drug-likeness (QED) is 0.775. The van der Waals surface area contributed by atoms with Gasteiger partial charge in [-0.1, -0.05) is 5.92 Å². The summed E-state index contributed by atoms with van der Waals surface area (Å²) < 4.78 is 0.933. The number of aromatic nitrogens is 1. The van der Waals surface area contributed by atoms with Gasteiger partial charge in [-0.15, -0.1) is 6.42 Å². The van der Waals surface area contributed by atoms with E-state index in [0.29, 0.717) is 0 Å². The number of rotatable bonds is 2. The number of terminal acetylenes is 1. The molecule has 0 spiro atoms. The molecule has 0 bridgehead atoms. The fraction of sp³-hybridized carbons (Fsp3) is 0.222. The van der Waals surface area contributed by atoms with Crippen molar-refractivity contribution in [3.63, 3.8) is 0 Å². The highest BCUT2D eigenvalue weighted by Gasteiger charge is 2.09. The highest BCUT2D eigenvalue weighted by atomic mass is 79.9. The molecular weight excluding hydrogens is 216 g/mol. The van der Waals surface area contributed by atoms with Crippen molar-refractivity contribution in [1.82, 2.24) is 10.3 Å². The first-order valence-electron chi connectivity index (χ1n) is 3.53. The molecule has 0 radical (unpaired) electrons. The van der Waals surface area contributed by atoms with Gasteiger partial charge in [-0.25, -0.2) is 0 Å². The Hall–Kier alpha value is -0.850. The number of pyridine rings is 1. The van der Waals surface area contributed by atoms with E-state index in [-0.39, 0.29) is 6.04 Å². The van der Waals surface area contributed by atoms with Gasteiger partial charge in [0.25, 0.3) is 0 Å². The van der Waals surface area contributed by atoms with Crippen molar-refractivity contribution in [2.45, 2.75) is 6.04 Å². The maximum atomic E-state index is 5.31. The zero-order chi connectivity index (χ0) is 8.97. The lowest BCUT2D eigenvalue weighted by atomic mass is 10.2.